The fourth-order valence-corrected chi connectivity index (χ4v) is 4.70. The minimum absolute atomic E-state index is 0.114. The number of nitrogens with one attached hydrogen (secondary N) is 1. The number of primary amides is 1. The summed E-state index contributed by atoms with van der Waals surface area (Å²) in [6.07, 6.45) is 6.05. The van der Waals surface area contributed by atoms with E-state index in [0.29, 0.717) is 18.5 Å². The Hall–Kier alpha value is -4.76. The molecule has 1 aliphatic rings. The zero-order valence-electron chi connectivity index (χ0n) is 21.3. The summed E-state index contributed by atoms with van der Waals surface area (Å²) in [7, 11) is 3.38. The molecule has 0 bridgehead atoms. The van der Waals surface area contributed by atoms with Crippen molar-refractivity contribution in [3.63, 3.8) is 0 Å². The summed E-state index contributed by atoms with van der Waals surface area (Å²) >= 11 is 6.10. The lowest BCUT2D eigenvalue weighted by atomic mass is 9.88. The average Bonchev–Trinajstić information content (AvgIpc) is 3.33. The number of rotatable bonds is 6. The van der Waals surface area contributed by atoms with Crippen molar-refractivity contribution >= 4 is 41.1 Å². The van der Waals surface area contributed by atoms with E-state index in [1.807, 2.05) is 42.5 Å². The van der Waals surface area contributed by atoms with E-state index in [9.17, 15) is 14.4 Å². The van der Waals surface area contributed by atoms with Crippen LogP contribution in [-0.4, -0.2) is 51.5 Å². The second-order valence-electron chi connectivity index (χ2n) is 9.28. The predicted molar refractivity (Wildman–Crippen MR) is 150 cm³/mol. The Morgan fingerprint density at radius 1 is 1.08 bits per heavy atom. The van der Waals surface area contributed by atoms with E-state index in [2.05, 4.69) is 15.4 Å². The van der Waals surface area contributed by atoms with Crippen LogP contribution < -0.4 is 11.1 Å². The third-order valence-electron chi connectivity index (χ3n) is 6.48. The maximum atomic E-state index is 12.9. The lowest BCUT2D eigenvalue weighted by Crippen LogP contribution is -2.18. The van der Waals surface area contributed by atoms with Crippen molar-refractivity contribution in [2.75, 3.05) is 19.4 Å². The molecule has 39 heavy (non-hydrogen) atoms. The monoisotopic (exact) mass is 540 g/mol. The van der Waals surface area contributed by atoms with Crippen LogP contribution in [0.15, 0.2) is 66.9 Å². The van der Waals surface area contributed by atoms with Crippen molar-refractivity contribution in [1.29, 1.82) is 0 Å². The number of halogens is 1. The molecule has 4 aromatic rings. The molecule has 3 amide bonds. The van der Waals surface area contributed by atoms with E-state index in [0.717, 1.165) is 33.6 Å². The summed E-state index contributed by atoms with van der Waals surface area (Å²) < 4.78 is 1.70. The molecule has 0 radical (unpaired) electrons. The van der Waals surface area contributed by atoms with E-state index < -0.39 is 5.91 Å². The molecule has 1 aliphatic carbocycles. The number of anilines is 1. The van der Waals surface area contributed by atoms with Crippen molar-refractivity contribution in [3.05, 3.63) is 100.0 Å². The number of aryl methyl sites for hydroxylation is 1. The lowest BCUT2D eigenvalue weighted by Gasteiger charge is -2.20. The van der Waals surface area contributed by atoms with Gasteiger partial charge in [0.25, 0.3) is 11.8 Å². The Morgan fingerprint density at radius 3 is 2.54 bits per heavy atom. The van der Waals surface area contributed by atoms with Crippen molar-refractivity contribution in [1.82, 2.24) is 19.7 Å². The first-order chi connectivity index (χ1) is 18.7. The first kappa shape index (κ1) is 25.9. The minimum atomic E-state index is -0.606. The van der Waals surface area contributed by atoms with Gasteiger partial charge in [0.2, 0.25) is 5.91 Å². The van der Waals surface area contributed by atoms with Crippen molar-refractivity contribution in [2.24, 2.45) is 5.73 Å². The molecule has 2 aromatic heterocycles. The molecule has 2 aromatic carbocycles. The molecule has 0 spiro atoms. The number of pyridine rings is 1. The topological polar surface area (TPSA) is 123 Å². The molecule has 2 heterocycles. The number of hydrogen-bond donors (Lipinski definition) is 2. The summed E-state index contributed by atoms with van der Waals surface area (Å²) in [4.78, 5) is 42.5. The highest BCUT2D eigenvalue weighted by atomic mass is 35.5. The number of likely N-dealkylation sites (N-methyl/N-ethyl adjacent to an activating group) is 1. The minimum Gasteiger partial charge on any atom is -0.364 e. The molecule has 9 nitrogen and oxygen atoms in total. The number of carbonyl (C=O) groups is 3. The normalized spacial score (nSPS) is 12.1. The highest BCUT2D eigenvalue weighted by molar-refractivity contribution is 6.33. The number of carbonyl (C=O) groups excluding carboxylic acids is 3. The average molecular weight is 541 g/mol. The van der Waals surface area contributed by atoms with Crippen molar-refractivity contribution in [3.8, 4) is 16.9 Å². The fourth-order valence-electron chi connectivity index (χ4n) is 4.50. The zero-order valence-corrected chi connectivity index (χ0v) is 22.1. The third-order valence-corrected chi connectivity index (χ3v) is 6.79. The van der Waals surface area contributed by atoms with Gasteiger partial charge >= 0.3 is 0 Å². The van der Waals surface area contributed by atoms with Gasteiger partial charge in [-0.25, -0.2) is 9.67 Å². The van der Waals surface area contributed by atoms with Gasteiger partial charge in [0.15, 0.2) is 5.69 Å². The number of nitrogens with two attached hydrogens (primary N) is 1. The summed E-state index contributed by atoms with van der Waals surface area (Å²) in [5, 5.41) is 7.59. The molecule has 0 aliphatic heterocycles. The SMILES string of the molecule is CN(C)C(=O)/C=C/c1ccc(-n2nc(C(N)=O)c3c2-c2cc(NC(=O)c4cccnc4Cl)ccc2CC3)cc1. The number of nitrogens with zero attached hydrogens (tertiary/aromatic N) is 4. The van der Waals surface area contributed by atoms with Gasteiger partial charge in [-0.05, 0) is 66.4 Å². The van der Waals surface area contributed by atoms with Crippen LogP contribution in [0.5, 0.6) is 0 Å². The van der Waals surface area contributed by atoms with Crippen LogP contribution in [0.4, 0.5) is 5.69 Å². The molecule has 0 fully saturated rings. The van der Waals surface area contributed by atoms with Gasteiger partial charge in [-0.1, -0.05) is 29.8 Å². The van der Waals surface area contributed by atoms with E-state index >= 15 is 0 Å². The van der Waals surface area contributed by atoms with E-state index in [-0.39, 0.29) is 28.2 Å². The van der Waals surface area contributed by atoms with Gasteiger partial charge in [-0.2, -0.15) is 5.10 Å². The molecular weight excluding hydrogens is 516 g/mol. The van der Waals surface area contributed by atoms with Gasteiger partial charge in [0.1, 0.15) is 5.15 Å². The number of amides is 3. The van der Waals surface area contributed by atoms with E-state index in [1.165, 1.54) is 17.2 Å². The molecule has 10 heteroatoms. The molecule has 0 saturated carbocycles. The number of hydrogen-bond acceptors (Lipinski definition) is 5. The molecule has 0 unspecified atom stereocenters. The summed E-state index contributed by atoms with van der Waals surface area (Å²) in [6.45, 7) is 0. The second kappa shape index (κ2) is 10.5. The van der Waals surface area contributed by atoms with Crippen LogP contribution in [0.25, 0.3) is 23.0 Å². The van der Waals surface area contributed by atoms with Crippen LogP contribution >= 0.6 is 11.6 Å². The van der Waals surface area contributed by atoms with Crippen LogP contribution in [0.2, 0.25) is 5.15 Å². The molecule has 0 saturated heterocycles. The predicted octanol–water partition coefficient (Wildman–Crippen LogP) is 4.14. The van der Waals surface area contributed by atoms with Crippen LogP contribution in [0.3, 0.4) is 0 Å². The largest absolute Gasteiger partial charge is 0.364 e. The van der Waals surface area contributed by atoms with Gasteiger partial charge in [-0.3, -0.25) is 14.4 Å². The smallest absolute Gasteiger partial charge is 0.269 e. The fraction of sp³-hybridized carbons (Fsp3) is 0.138. The molecule has 3 N–H and O–H groups in total. The molecular formula is C29H25ClN6O3. The Morgan fingerprint density at radius 2 is 1.85 bits per heavy atom. The third kappa shape index (κ3) is 5.17. The van der Waals surface area contributed by atoms with E-state index in [4.69, 9.17) is 17.3 Å². The number of benzene rings is 2. The number of aromatic nitrogens is 3. The van der Waals surface area contributed by atoms with Gasteiger partial charge in [-0.15, -0.1) is 0 Å². The second-order valence-corrected chi connectivity index (χ2v) is 9.64. The highest BCUT2D eigenvalue weighted by Crippen LogP contribution is 2.38. The summed E-state index contributed by atoms with van der Waals surface area (Å²) in [6, 6.07) is 16.4. The maximum absolute atomic E-state index is 12.9. The standard InChI is InChI=1S/C29H25ClN6O3/c1-35(2)24(37)14-7-17-5-11-20(12-6-17)36-26-21(25(34-36)28(31)38)13-9-18-8-10-19(16-23(18)26)33-29(39)22-4-3-15-32-27(22)30/h3-8,10-12,14-16H,9,13H2,1-2H3,(H2,31,38)(H,33,39)/b14-7+. The lowest BCUT2D eigenvalue weighted by molar-refractivity contribution is -0.123. The highest BCUT2D eigenvalue weighted by Gasteiger charge is 2.28. The van der Waals surface area contributed by atoms with Crippen molar-refractivity contribution < 1.29 is 14.4 Å². The van der Waals surface area contributed by atoms with Crippen molar-refractivity contribution in [2.45, 2.75) is 12.8 Å². The maximum Gasteiger partial charge on any atom is 0.269 e. The van der Waals surface area contributed by atoms with Gasteiger partial charge < -0.3 is 16.0 Å². The first-order valence-corrected chi connectivity index (χ1v) is 12.6. The zero-order chi connectivity index (χ0) is 27.7. The summed E-state index contributed by atoms with van der Waals surface area (Å²) in [5.41, 5.74) is 11.7. The Labute approximate surface area is 229 Å². The molecule has 196 valence electrons. The Bertz CT molecular complexity index is 1640. The van der Waals surface area contributed by atoms with Crippen LogP contribution in [0.1, 0.15) is 37.5 Å². The van der Waals surface area contributed by atoms with Crippen LogP contribution in [-0.2, 0) is 17.6 Å². The first-order valence-electron chi connectivity index (χ1n) is 12.2. The van der Waals surface area contributed by atoms with E-state index in [1.54, 1.807) is 37.0 Å². The number of fused-ring (bicyclic) bond motifs is 3. The quantitative estimate of drug-likeness (QED) is 0.281. The van der Waals surface area contributed by atoms with Crippen LogP contribution in [0, 0.1) is 0 Å². The van der Waals surface area contributed by atoms with Gasteiger partial charge in [0, 0.05) is 43.2 Å². The van der Waals surface area contributed by atoms with Gasteiger partial charge in [0.05, 0.1) is 16.9 Å². The molecule has 5 rings (SSSR count). The Kier molecular flexibility index (Phi) is 7.00. The molecule has 0 atom stereocenters. The summed E-state index contributed by atoms with van der Waals surface area (Å²) in [5.74, 6) is -1.10. The Balaban J connectivity index is 1.53.